The van der Waals surface area contributed by atoms with Gasteiger partial charge in [-0.15, -0.1) is 0 Å². The lowest BCUT2D eigenvalue weighted by Crippen LogP contribution is -2.39. The number of methoxy groups -OCH3 is 2. The highest BCUT2D eigenvalue weighted by molar-refractivity contribution is 6.31. The number of rotatable bonds is 7. The van der Waals surface area contributed by atoms with Crippen LogP contribution < -0.4 is 20.1 Å². The van der Waals surface area contributed by atoms with Crippen molar-refractivity contribution in [2.75, 3.05) is 19.5 Å². The van der Waals surface area contributed by atoms with Crippen molar-refractivity contribution in [2.24, 2.45) is 0 Å². The van der Waals surface area contributed by atoms with Gasteiger partial charge in [-0.3, -0.25) is 10.1 Å². The molecule has 0 saturated carbocycles. The molecule has 26 heavy (non-hydrogen) atoms. The first-order valence-corrected chi connectivity index (χ1v) is 8.47. The van der Waals surface area contributed by atoms with Gasteiger partial charge in [0.05, 0.1) is 25.3 Å². The molecule has 2 atom stereocenters. The minimum Gasteiger partial charge on any atom is -0.497 e. The molecule has 2 aromatic rings. The summed E-state index contributed by atoms with van der Waals surface area (Å²) in [6, 6.07) is 8.85. The monoisotopic (exact) mass is 380 g/mol. The van der Waals surface area contributed by atoms with Crippen LogP contribution in [-0.4, -0.2) is 26.2 Å². The topological polar surface area (TPSA) is 59.6 Å². The van der Waals surface area contributed by atoms with E-state index in [-0.39, 0.29) is 17.0 Å². The molecule has 2 N–H and O–H groups in total. The molecular weight excluding hydrogens is 359 g/mol. The van der Waals surface area contributed by atoms with Crippen LogP contribution >= 0.6 is 11.6 Å². The van der Waals surface area contributed by atoms with Crippen LogP contribution in [0.3, 0.4) is 0 Å². The van der Waals surface area contributed by atoms with E-state index in [1.165, 1.54) is 18.2 Å². The summed E-state index contributed by atoms with van der Waals surface area (Å²) in [5.41, 5.74) is 1.30. The predicted octanol–water partition coefficient (Wildman–Crippen LogP) is 4.17. The first-order chi connectivity index (χ1) is 12.3. The van der Waals surface area contributed by atoms with Crippen LogP contribution in [-0.2, 0) is 4.79 Å². The van der Waals surface area contributed by atoms with Gasteiger partial charge >= 0.3 is 0 Å². The van der Waals surface area contributed by atoms with Gasteiger partial charge in [0, 0.05) is 17.3 Å². The molecule has 0 aliphatic rings. The predicted molar refractivity (Wildman–Crippen MR) is 101 cm³/mol. The Bertz CT molecular complexity index is 785. The summed E-state index contributed by atoms with van der Waals surface area (Å²) in [6.45, 7) is 3.67. The fraction of sp³-hybridized carbons (Fsp3) is 0.316. The molecule has 2 aromatic carbocycles. The van der Waals surface area contributed by atoms with Gasteiger partial charge in [-0.25, -0.2) is 4.39 Å². The normalized spacial score (nSPS) is 13.0. The van der Waals surface area contributed by atoms with E-state index >= 15 is 0 Å². The average Bonchev–Trinajstić information content (AvgIpc) is 2.63. The Labute approximate surface area is 157 Å². The summed E-state index contributed by atoms with van der Waals surface area (Å²) in [7, 11) is 3.18. The van der Waals surface area contributed by atoms with Crippen LogP contribution in [0.15, 0.2) is 36.4 Å². The quantitative estimate of drug-likeness (QED) is 0.756. The summed E-state index contributed by atoms with van der Waals surface area (Å²) >= 11 is 5.74. The van der Waals surface area contributed by atoms with E-state index in [0.29, 0.717) is 17.2 Å². The highest BCUT2D eigenvalue weighted by atomic mass is 35.5. The molecular formula is C19H22ClFN2O3. The molecule has 7 heteroatoms. The Morgan fingerprint density at radius 2 is 1.85 bits per heavy atom. The number of halogens is 2. The van der Waals surface area contributed by atoms with Crippen LogP contribution in [0, 0.1) is 5.82 Å². The van der Waals surface area contributed by atoms with Crippen LogP contribution in [0.5, 0.6) is 11.5 Å². The van der Waals surface area contributed by atoms with Crippen molar-refractivity contribution < 1.29 is 18.7 Å². The lowest BCUT2D eigenvalue weighted by molar-refractivity contribution is -0.117. The van der Waals surface area contributed by atoms with Gasteiger partial charge in [0.15, 0.2) is 0 Å². The number of amides is 1. The van der Waals surface area contributed by atoms with E-state index in [1.807, 2.05) is 25.1 Å². The second-order valence-electron chi connectivity index (χ2n) is 5.84. The number of carbonyl (C=O) groups is 1. The minimum absolute atomic E-state index is 0.0436. The highest BCUT2D eigenvalue weighted by Crippen LogP contribution is 2.29. The standard InChI is InChI=1S/C19H22ClFN2O3/c1-11(15-10-14(25-3)6-8-18(15)26-4)22-12(2)19(24)23-13-5-7-17(21)16(20)9-13/h5-12,22H,1-4H3,(H,23,24). The number of nitrogens with one attached hydrogen (secondary N) is 2. The largest absolute Gasteiger partial charge is 0.497 e. The molecule has 0 heterocycles. The van der Waals surface area contributed by atoms with Gasteiger partial charge in [0.2, 0.25) is 5.91 Å². The SMILES string of the molecule is COc1ccc(OC)c(C(C)NC(C)C(=O)Nc2ccc(F)c(Cl)c2)c1. The van der Waals surface area contributed by atoms with Crippen molar-refractivity contribution >= 4 is 23.2 Å². The average molecular weight is 381 g/mol. The molecule has 2 rings (SSSR count). The van der Waals surface area contributed by atoms with Crippen LogP contribution in [0.4, 0.5) is 10.1 Å². The lowest BCUT2D eigenvalue weighted by atomic mass is 10.1. The Morgan fingerprint density at radius 1 is 1.12 bits per heavy atom. The van der Waals surface area contributed by atoms with Crippen molar-refractivity contribution in [3.05, 3.63) is 52.8 Å². The summed E-state index contributed by atoms with van der Waals surface area (Å²) in [6.07, 6.45) is 0. The highest BCUT2D eigenvalue weighted by Gasteiger charge is 2.19. The Hall–Kier alpha value is -2.31. The third-order valence-electron chi connectivity index (χ3n) is 3.98. The minimum atomic E-state index is -0.533. The maximum atomic E-state index is 13.2. The number of hydrogen-bond donors (Lipinski definition) is 2. The molecule has 0 spiro atoms. The molecule has 0 fully saturated rings. The molecule has 5 nitrogen and oxygen atoms in total. The van der Waals surface area contributed by atoms with Gasteiger partial charge in [-0.2, -0.15) is 0 Å². The van der Waals surface area contributed by atoms with E-state index in [4.69, 9.17) is 21.1 Å². The van der Waals surface area contributed by atoms with E-state index in [9.17, 15) is 9.18 Å². The first kappa shape index (κ1) is 20.0. The zero-order chi connectivity index (χ0) is 19.3. The summed E-state index contributed by atoms with van der Waals surface area (Å²) in [5.74, 6) is 0.604. The number of benzene rings is 2. The van der Waals surface area contributed by atoms with Crippen molar-refractivity contribution in [1.29, 1.82) is 0 Å². The molecule has 0 aliphatic carbocycles. The number of hydrogen-bond acceptors (Lipinski definition) is 4. The maximum Gasteiger partial charge on any atom is 0.241 e. The zero-order valence-electron chi connectivity index (χ0n) is 15.1. The molecule has 0 aromatic heterocycles. The van der Waals surface area contributed by atoms with Gasteiger partial charge in [-0.1, -0.05) is 11.6 Å². The van der Waals surface area contributed by atoms with E-state index < -0.39 is 11.9 Å². The Morgan fingerprint density at radius 3 is 2.46 bits per heavy atom. The first-order valence-electron chi connectivity index (χ1n) is 8.09. The van der Waals surface area contributed by atoms with Gasteiger partial charge in [0.25, 0.3) is 0 Å². The fourth-order valence-electron chi connectivity index (χ4n) is 2.54. The van der Waals surface area contributed by atoms with Gasteiger partial charge < -0.3 is 14.8 Å². The third kappa shape index (κ3) is 4.86. The van der Waals surface area contributed by atoms with E-state index in [0.717, 1.165) is 5.56 Å². The number of ether oxygens (including phenoxy) is 2. The Balaban J connectivity index is 2.07. The van der Waals surface area contributed by atoms with E-state index in [2.05, 4.69) is 10.6 Å². The number of carbonyl (C=O) groups excluding carboxylic acids is 1. The van der Waals surface area contributed by atoms with Crippen LogP contribution in [0.1, 0.15) is 25.5 Å². The van der Waals surface area contributed by atoms with E-state index in [1.54, 1.807) is 21.1 Å². The smallest absolute Gasteiger partial charge is 0.241 e. The lowest BCUT2D eigenvalue weighted by Gasteiger charge is -2.22. The summed E-state index contributed by atoms with van der Waals surface area (Å²) < 4.78 is 23.8. The molecule has 0 saturated heterocycles. The molecule has 0 radical (unpaired) electrons. The van der Waals surface area contributed by atoms with Crippen molar-refractivity contribution in [1.82, 2.24) is 5.32 Å². The van der Waals surface area contributed by atoms with Crippen molar-refractivity contribution in [3.8, 4) is 11.5 Å². The molecule has 0 aliphatic heterocycles. The second-order valence-corrected chi connectivity index (χ2v) is 6.24. The van der Waals surface area contributed by atoms with Gasteiger partial charge in [0.1, 0.15) is 17.3 Å². The van der Waals surface area contributed by atoms with Gasteiger partial charge in [-0.05, 0) is 50.2 Å². The van der Waals surface area contributed by atoms with Crippen LogP contribution in [0.2, 0.25) is 5.02 Å². The molecule has 0 bridgehead atoms. The van der Waals surface area contributed by atoms with Crippen molar-refractivity contribution in [2.45, 2.75) is 25.9 Å². The molecule has 140 valence electrons. The summed E-state index contributed by atoms with van der Waals surface area (Å²) in [5, 5.41) is 5.88. The van der Waals surface area contributed by atoms with Crippen molar-refractivity contribution in [3.63, 3.8) is 0 Å². The molecule has 2 unspecified atom stereocenters. The summed E-state index contributed by atoms with van der Waals surface area (Å²) in [4.78, 5) is 12.4. The number of anilines is 1. The fourth-order valence-corrected chi connectivity index (χ4v) is 2.72. The molecule has 1 amide bonds. The Kier molecular flexibility index (Phi) is 6.83. The van der Waals surface area contributed by atoms with Crippen LogP contribution in [0.25, 0.3) is 0 Å². The third-order valence-corrected chi connectivity index (χ3v) is 4.27. The zero-order valence-corrected chi connectivity index (χ0v) is 15.9. The maximum absolute atomic E-state index is 13.2. The second kappa shape index (κ2) is 8.87.